The predicted octanol–water partition coefficient (Wildman–Crippen LogP) is 1.35. The normalized spacial score (nSPS) is 16.1. The summed E-state index contributed by atoms with van der Waals surface area (Å²) >= 11 is 0. The van der Waals surface area contributed by atoms with Gasteiger partial charge < -0.3 is 9.64 Å². The van der Waals surface area contributed by atoms with Gasteiger partial charge in [0.05, 0.1) is 17.1 Å². The lowest BCUT2D eigenvalue weighted by atomic mass is 10.2. The third-order valence-corrected chi connectivity index (χ3v) is 5.83. The highest BCUT2D eigenvalue weighted by Gasteiger charge is 2.29. The third-order valence-electron chi connectivity index (χ3n) is 3.94. The van der Waals surface area contributed by atoms with Crippen LogP contribution in [-0.4, -0.2) is 62.3 Å². The second-order valence-corrected chi connectivity index (χ2v) is 8.37. The number of hydrogen-bond acceptors (Lipinski definition) is 5. The molecule has 8 heteroatoms. The molecular weight excluding hydrogens is 344 g/mol. The SMILES string of the molecule is CC(=O)N1CCN(S(=O)(=O)c2cccc(C(=O)OCC(C)C)c2)CC1. The number of amides is 1. The van der Waals surface area contributed by atoms with Gasteiger partial charge in [-0.2, -0.15) is 4.31 Å². The molecule has 0 aromatic heterocycles. The van der Waals surface area contributed by atoms with E-state index in [0.717, 1.165) is 0 Å². The van der Waals surface area contributed by atoms with Crippen LogP contribution in [0, 0.1) is 5.92 Å². The number of benzene rings is 1. The van der Waals surface area contributed by atoms with E-state index in [2.05, 4.69) is 0 Å². The maximum absolute atomic E-state index is 12.8. The number of hydrogen-bond donors (Lipinski definition) is 0. The van der Waals surface area contributed by atoms with Crippen molar-refractivity contribution >= 4 is 21.9 Å². The molecule has 1 aliphatic heterocycles. The molecule has 1 aromatic carbocycles. The van der Waals surface area contributed by atoms with Crippen LogP contribution in [0.5, 0.6) is 0 Å². The van der Waals surface area contributed by atoms with Gasteiger partial charge in [0.2, 0.25) is 15.9 Å². The zero-order valence-corrected chi connectivity index (χ0v) is 15.6. The second kappa shape index (κ2) is 7.97. The molecule has 138 valence electrons. The van der Waals surface area contributed by atoms with E-state index < -0.39 is 16.0 Å². The van der Waals surface area contributed by atoms with Crippen molar-refractivity contribution in [2.24, 2.45) is 5.92 Å². The molecule has 1 aromatic rings. The van der Waals surface area contributed by atoms with E-state index in [0.29, 0.717) is 13.1 Å². The molecule has 1 saturated heterocycles. The van der Waals surface area contributed by atoms with Crippen LogP contribution in [-0.2, 0) is 19.6 Å². The smallest absolute Gasteiger partial charge is 0.338 e. The Bertz CT molecular complexity index is 737. The first-order valence-corrected chi connectivity index (χ1v) is 9.68. The minimum atomic E-state index is -3.71. The Morgan fingerprint density at radius 3 is 2.36 bits per heavy atom. The van der Waals surface area contributed by atoms with Crippen LogP contribution in [0.3, 0.4) is 0 Å². The van der Waals surface area contributed by atoms with E-state index in [1.807, 2.05) is 13.8 Å². The fourth-order valence-corrected chi connectivity index (χ4v) is 3.97. The summed E-state index contributed by atoms with van der Waals surface area (Å²) < 4.78 is 32.0. The number of piperazine rings is 1. The van der Waals surface area contributed by atoms with Crippen molar-refractivity contribution in [3.8, 4) is 0 Å². The fraction of sp³-hybridized carbons (Fsp3) is 0.529. The summed E-state index contributed by atoms with van der Waals surface area (Å²) in [6.45, 7) is 6.81. The van der Waals surface area contributed by atoms with Crippen molar-refractivity contribution < 1.29 is 22.7 Å². The van der Waals surface area contributed by atoms with Crippen LogP contribution in [0.4, 0.5) is 0 Å². The summed E-state index contributed by atoms with van der Waals surface area (Å²) in [4.78, 5) is 25.1. The first-order valence-electron chi connectivity index (χ1n) is 8.24. The van der Waals surface area contributed by atoms with E-state index in [4.69, 9.17) is 4.74 Å². The summed E-state index contributed by atoms with van der Waals surface area (Å²) in [5.41, 5.74) is 0.212. The van der Waals surface area contributed by atoms with Crippen molar-refractivity contribution in [1.29, 1.82) is 0 Å². The summed E-state index contributed by atoms with van der Waals surface area (Å²) in [5.74, 6) is -0.396. The van der Waals surface area contributed by atoms with Gasteiger partial charge in [-0.15, -0.1) is 0 Å². The Morgan fingerprint density at radius 2 is 1.80 bits per heavy atom. The molecule has 25 heavy (non-hydrogen) atoms. The molecule has 1 heterocycles. The van der Waals surface area contributed by atoms with Crippen molar-refractivity contribution in [3.63, 3.8) is 0 Å². The molecule has 0 aliphatic carbocycles. The summed E-state index contributed by atoms with van der Waals surface area (Å²) in [5, 5.41) is 0. The van der Waals surface area contributed by atoms with Crippen molar-refractivity contribution in [1.82, 2.24) is 9.21 Å². The van der Waals surface area contributed by atoms with E-state index in [-0.39, 0.29) is 42.0 Å². The fourth-order valence-electron chi connectivity index (χ4n) is 2.50. The standard InChI is InChI=1S/C17H24N2O5S/c1-13(2)12-24-17(21)15-5-4-6-16(11-15)25(22,23)19-9-7-18(8-10-19)14(3)20/h4-6,11,13H,7-10,12H2,1-3H3. The monoisotopic (exact) mass is 368 g/mol. The van der Waals surface area contributed by atoms with Crippen molar-refractivity contribution in [2.75, 3.05) is 32.8 Å². The van der Waals surface area contributed by atoms with Gasteiger partial charge in [-0.1, -0.05) is 19.9 Å². The topological polar surface area (TPSA) is 84.0 Å². The molecule has 1 fully saturated rings. The van der Waals surface area contributed by atoms with Crippen LogP contribution in [0.25, 0.3) is 0 Å². The predicted molar refractivity (Wildman–Crippen MR) is 92.6 cm³/mol. The molecule has 1 aliphatic rings. The van der Waals surface area contributed by atoms with Crippen LogP contribution in [0.2, 0.25) is 0 Å². The van der Waals surface area contributed by atoms with Gasteiger partial charge in [-0.3, -0.25) is 4.79 Å². The molecule has 0 atom stereocenters. The number of carbonyl (C=O) groups excluding carboxylic acids is 2. The van der Waals surface area contributed by atoms with Gasteiger partial charge in [0, 0.05) is 33.1 Å². The van der Waals surface area contributed by atoms with E-state index >= 15 is 0 Å². The van der Waals surface area contributed by atoms with Crippen LogP contribution in [0.1, 0.15) is 31.1 Å². The average Bonchev–Trinajstić information content (AvgIpc) is 2.59. The first-order chi connectivity index (χ1) is 11.7. The summed E-state index contributed by atoms with van der Waals surface area (Å²) in [6.07, 6.45) is 0. The second-order valence-electron chi connectivity index (χ2n) is 6.43. The number of sulfonamides is 1. The average molecular weight is 368 g/mol. The lowest BCUT2D eigenvalue weighted by Gasteiger charge is -2.33. The molecule has 0 unspecified atom stereocenters. The lowest BCUT2D eigenvalue weighted by molar-refractivity contribution is -0.129. The van der Waals surface area contributed by atoms with Crippen molar-refractivity contribution in [3.05, 3.63) is 29.8 Å². The highest BCUT2D eigenvalue weighted by atomic mass is 32.2. The van der Waals surface area contributed by atoms with Gasteiger partial charge in [0.25, 0.3) is 0 Å². The molecule has 7 nitrogen and oxygen atoms in total. The number of ether oxygens (including phenoxy) is 1. The highest BCUT2D eigenvalue weighted by molar-refractivity contribution is 7.89. The summed E-state index contributed by atoms with van der Waals surface area (Å²) in [7, 11) is -3.71. The molecular formula is C17H24N2O5S. The Morgan fingerprint density at radius 1 is 1.16 bits per heavy atom. The number of nitrogens with zero attached hydrogens (tertiary/aromatic N) is 2. The minimum Gasteiger partial charge on any atom is -0.462 e. The maximum Gasteiger partial charge on any atom is 0.338 e. The quantitative estimate of drug-likeness (QED) is 0.733. The zero-order chi connectivity index (χ0) is 18.6. The van der Waals surface area contributed by atoms with Crippen LogP contribution >= 0.6 is 0 Å². The molecule has 2 rings (SSSR count). The van der Waals surface area contributed by atoms with Gasteiger partial charge in [-0.25, -0.2) is 13.2 Å². The van der Waals surface area contributed by atoms with Gasteiger partial charge in [0.1, 0.15) is 0 Å². The van der Waals surface area contributed by atoms with Crippen molar-refractivity contribution in [2.45, 2.75) is 25.7 Å². The Balaban J connectivity index is 2.13. The zero-order valence-electron chi connectivity index (χ0n) is 14.8. The van der Waals surface area contributed by atoms with E-state index in [9.17, 15) is 18.0 Å². The molecule has 0 bridgehead atoms. The first kappa shape index (κ1) is 19.4. The van der Waals surface area contributed by atoms with Gasteiger partial charge in [-0.05, 0) is 24.1 Å². The largest absolute Gasteiger partial charge is 0.462 e. The number of rotatable bonds is 5. The minimum absolute atomic E-state index is 0.0581. The van der Waals surface area contributed by atoms with Crippen LogP contribution < -0.4 is 0 Å². The summed E-state index contributed by atoms with van der Waals surface area (Å²) in [6, 6.07) is 5.88. The molecule has 0 spiro atoms. The van der Waals surface area contributed by atoms with E-state index in [1.165, 1.54) is 35.5 Å². The third kappa shape index (κ3) is 4.79. The van der Waals surface area contributed by atoms with E-state index in [1.54, 1.807) is 4.90 Å². The van der Waals surface area contributed by atoms with Crippen LogP contribution in [0.15, 0.2) is 29.2 Å². The lowest BCUT2D eigenvalue weighted by Crippen LogP contribution is -2.49. The maximum atomic E-state index is 12.8. The number of esters is 1. The molecule has 0 saturated carbocycles. The van der Waals surface area contributed by atoms with Gasteiger partial charge in [0.15, 0.2) is 0 Å². The Hall–Kier alpha value is -1.93. The molecule has 1 amide bonds. The Kier molecular flexibility index (Phi) is 6.18. The van der Waals surface area contributed by atoms with Gasteiger partial charge >= 0.3 is 5.97 Å². The molecule has 0 radical (unpaired) electrons. The Labute approximate surface area is 148 Å². The highest BCUT2D eigenvalue weighted by Crippen LogP contribution is 2.19. The molecule has 0 N–H and O–H groups in total. The number of carbonyl (C=O) groups is 2.